The van der Waals surface area contributed by atoms with E-state index in [0.717, 1.165) is 30.8 Å². The van der Waals surface area contributed by atoms with Gasteiger partial charge in [0, 0.05) is 30.2 Å². The number of fused-ring (bicyclic) bond motifs is 1. The van der Waals surface area contributed by atoms with Crippen LogP contribution in [0, 0.1) is 0 Å². The molecular formula is C20H25N5O2. The summed E-state index contributed by atoms with van der Waals surface area (Å²) >= 11 is 0. The van der Waals surface area contributed by atoms with Gasteiger partial charge in [-0.2, -0.15) is 0 Å². The molecule has 0 aliphatic carbocycles. The van der Waals surface area contributed by atoms with Gasteiger partial charge in [-0.1, -0.05) is 18.2 Å². The van der Waals surface area contributed by atoms with Crippen molar-refractivity contribution in [3.05, 3.63) is 60.2 Å². The molecule has 2 heterocycles. The van der Waals surface area contributed by atoms with Gasteiger partial charge in [0.2, 0.25) is 5.91 Å². The van der Waals surface area contributed by atoms with Crippen molar-refractivity contribution in [1.82, 2.24) is 20.9 Å². The molecule has 142 valence electrons. The highest BCUT2D eigenvalue weighted by Crippen LogP contribution is 2.17. The zero-order chi connectivity index (χ0) is 18.9. The van der Waals surface area contributed by atoms with E-state index in [2.05, 4.69) is 38.1 Å². The fourth-order valence-corrected chi connectivity index (χ4v) is 2.80. The Hall–Kier alpha value is -3.22. The molecule has 1 amide bonds. The number of benzene rings is 1. The number of rotatable bonds is 8. The predicted molar refractivity (Wildman–Crippen MR) is 107 cm³/mol. The quantitative estimate of drug-likeness (QED) is 0.363. The number of aromatic amines is 1. The molecule has 4 N–H and O–H groups in total. The monoisotopic (exact) mass is 367 g/mol. The van der Waals surface area contributed by atoms with Crippen molar-refractivity contribution >= 4 is 22.8 Å². The van der Waals surface area contributed by atoms with Crippen LogP contribution in [0.2, 0.25) is 0 Å². The Morgan fingerprint density at radius 2 is 2.04 bits per heavy atom. The SMILES string of the molecule is CCNC(=NCC(=O)NCc1ccco1)NCCc1c[nH]c2ccccc12. The summed E-state index contributed by atoms with van der Waals surface area (Å²) in [6.07, 6.45) is 4.48. The van der Waals surface area contributed by atoms with Gasteiger partial charge in [-0.05, 0) is 37.1 Å². The van der Waals surface area contributed by atoms with E-state index in [1.807, 2.05) is 31.3 Å². The number of aromatic nitrogens is 1. The molecule has 0 unspecified atom stereocenters. The first kappa shape index (κ1) is 18.6. The fraction of sp³-hybridized carbons (Fsp3) is 0.300. The number of hydrogen-bond donors (Lipinski definition) is 4. The number of para-hydroxylation sites is 1. The molecule has 0 atom stereocenters. The summed E-state index contributed by atoms with van der Waals surface area (Å²) in [4.78, 5) is 19.6. The first-order valence-electron chi connectivity index (χ1n) is 9.12. The number of aliphatic imine (C=N–C) groups is 1. The third-order valence-corrected chi connectivity index (χ3v) is 4.13. The molecule has 7 heteroatoms. The summed E-state index contributed by atoms with van der Waals surface area (Å²) in [5.41, 5.74) is 2.39. The van der Waals surface area contributed by atoms with E-state index in [1.54, 1.807) is 12.3 Å². The number of guanidine groups is 1. The Balaban J connectivity index is 1.47. The molecule has 7 nitrogen and oxygen atoms in total. The average Bonchev–Trinajstić information content (AvgIpc) is 3.34. The number of hydrogen-bond acceptors (Lipinski definition) is 3. The predicted octanol–water partition coefficient (Wildman–Crippen LogP) is 2.17. The molecule has 3 aromatic rings. The Morgan fingerprint density at radius 1 is 1.15 bits per heavy atom. The van der Waals surface area contributed by atoms with Gasteiger partial charge >= 0.3 is 0 Å². The van der Waals surface area contributed by atoms with Crippen LogP contribution >= 0.6 is 0 Å². The number of nitrogens with zero attached hydrogens (tertiary/aromatic N) is 1. The van der Waals surface area contributed by atoms with Crippen LogP contribution in [0.5, 0.6) is 0 Å². The van der Waals surface area contributed by atoms with Crippen molar-refractivity contribution in [2.75, 3.05) is 19.6 Å². The summed E-state index contributed by atoms with van der Waals surface area (Å²) in [5.74, 6) is 1.20. The van der Waals surface area contributed by atoms with E-state index in [1.165, 1.54) is 10.9 Å². The number of amides is 1. The van der Waals surface area contributed by atoms with Crippen molar-refractivity contribution in [3.63, 3.8) is 0 Å². The molecule has 0 aliphatic rings. The minimum atomic E-state index is -0.153. The van der Waals surface area contributed by atoms with Crippen LogP contribution in [-0.4, -0.2) is 36.5 Å². The van der Waals surface area contributed by atoms with Crippen LogP contribution in [0.1, 0.15) is 18.2 Å². The van der Waals surface area contributed by atoms with Crippen LogP contribution < -0.4 is 16.0 Å². The van der Waals surface area contributed by atoms with Gasteiger partial charge in [-0.3, -0.25) is 4.79 Å². The second kappa shape index (κ2) is 9.47. The lowest BCUT2D eigenvalue weighted by atomic mass is 10.1. The minimum absolute atomic E-state index is 0.0587. The summed E-state index contributed by atoms with van der Waals surface area (Å²) in [5, 5.41) is 10.4. The molecule has 0 saturated heterocycles. The Kier molecular flexibility index (Phi) is 6.51. The zero-order valence-corrected chi connectivity index (χ0v) is 15.4. The highest BCUT2D eigenvalue weighted by molar-refractivity contribution is 5.85. The molecule has 0 spiro atoms. The smallest absolute Gasteiger partial charge is 0.242 e. The molecule has 1 aromatic carbocycles. The lowest BCUT2D eigenvalue weighted by molar-refractivity contribution is -0.119. The first-order chi connectivity index (χ1) is 13.3. The van der Waals surface area contributed by atoms with E-state index < -0.39 is 0 Å². The third-order valence-electron chi connectivity index (χ3n) is 4.13. The standard InChI is InChI=1S/C20H25N5O2/c1-2-21-20(25-14-19(26)24-13-16-6-5-11-27-16)22-10-9-15-12-23-18-8-4-3-7-17(15)18/h3-8,11-12,23H,2,9-10,13-14H2,1H3,(H,24,26)(H2,21,22,25). The van der Waals surface area contributed by atoms with E-state index in [0.29, 0.717) is 12.5 Å². The van der Waals surface area contributed by atoms with Gasteiger partial charge in [-0.15, -0.1) is 0 Å². The molecule has 0 saturated carbocycles. The molecular weight excluding hydrogens is 342 g/mol. The maximum atomic E-state index is 11.9. The summed E-state index contributed by atoms with van der Waals surface area (Å²) in [6.45, 7) is 3.87. The largest absolute Gasteiger partial charge is 0.467 e. The lowest BCUT2D eigenvalue weighted by Crippen LogP contribution is -2.39. The zero-order valence-electron chi connectivity index (χ0n) is 15.4. The molecule has 0 radical (unpaired) electrons. The second-order valence-corrected chi connectivity index (χ2v) is 6.09. The van der Waals surface area contributed by atoms with E-state index in [9.17, 15) is 4.79 Å². The number of carbonyl (C=O) groups is 1. The topological polar surface area (TPSA) is 94.4 Å². The Bertz CT molecular complexity index is 883. The maximum Gasteiger partial charge on any atom is 0.242 e. The van der Waals surface area contributed by atoms with E-state index in [-0.39, 0.29) is 12.5 Å². The van der Waals surface area contributed by atoms with Crippen LogP contribution in [-0.2, 0) is 17.8 Å². The molecule has 0 aliphatic heterocycles. The summed E-state index contributed by atoms with van der Waals surface area (Å²) in [7, 11) is 0. The maximum absolute atomic E-state index is 11.9. The van der Waals surface area contributed by atoms with E-state index in [4.69, 9.17) is 4.42 Å². The number of carbonyl (C=O) groups excluding carboxylic acids is 1. The fourth-order valence-electron chi connectivity index (χ4n) is 2.80. The average molecular weight is 367 g/mol. The van der Waals surface area contributed by atoms with Crippen molar-refractivity contribution in [2.24, 2.45) is 4.99 Å². The molecule has 2 aromatic heterocycles. The molecule has 0 fully saturated rings. The summed E-state index contributed by atoms with van der Waals surface area (Å²) in [6, 6.07) is 11.9. The second-order valence-electron chi connectivity index (χ2n) is 6.09. The van der Waals surface area contributed by atoms with Crippen LogP contribution in [0.15, 0.2) is 58.3 Å². The van der Waals surface area contributed by atoms with Gasteiger partial charge in [0.1, 0.15) is 12.3 Å². The van der Waals surface area contributed by atoms with Gasteiger partial charge in [-0.25, -0.2) is 4.99 Å². The Morgan fingerprint density at radius 3 is 2.85 bits per heavy atom. The van der Waals surface area contributed by atoms with Crippen LogP contribution in [0.3, 0.4) is 0 Å². The minimum Gasteiger partial charge on any atom is -0.467 e. The van der Waals surface area contributed by atoms with Crippen molar-refractivity contribution < 1.29 is 9.21 Å². The van der Waals surface area contributed by atoms with Gasteiger partial charge in [0.25, 0.3) is 0 Å². The third kappa shape index (κ3) is 5.37. The normalized spacial score (nSPS) is 11.5. The van der Waals surface area contributed by atoms with Crippen LogP contribution in [0.4, 0.5) is 0 Å². The van der Waals surface area contributed by atoms with Crippen molar-refractivity contribution in [1.29, 1.82) is 0 Å². The molecule has 0 bridgehead atoms. The first-order valence-corrected chi connectivity index (χ1v) is 9.12. The van der Waals surface area contributed by atoms with E-state index >= 15 is 0 Å². The highest BCUT2D eigenvalue weighted by Gasteiger charge is 2.05. The molecule has 3 rings (SSSR count). The number of H-pyrrole nitrogens is 1. The molecule has 27 heavy (non-hydrogen) atoms. The Labute approximate surface area is 158 Å². The van der Waals surface area contributed by atoms with Crippen LogP contribution in [0.25, 0.3) is 10.9 Å². The van der Waals surface area contributed by atoms with Gasteiger partial charge in [0.15, 0.2) is 5.96 Å². The van der Waals surface area contributed by atoms with Gasteiger partial charge in [0.05, 0.1) is 12.8 Å². The van der Waals surface area contributed by atoms with Crippen molar-refractivity contribution in [2.45, 2.75) is 19.9 Å². The lowest BCUT2D eigenvalue weighted by Gasteiger charge is -2.11. The highest BCUT2D eigenvalue weighted by atomic mass is 16.3. The number of furan rings is 1. The van der Waals surface area contributed by atoms with Crippen molar-refractivity contribution in [3.8, 4) is 0 Å². The number of nitrogens with one attached hydrogen (secondary N) is 4. The summed E-state index contributed by atoms with van der Waals surface area (Å²) < 4.78 is 5.19. The van der Waals surface area contributed by atoms with Gasteiger partial charge < -0.3 is 25.4 Å².